The van der Waals surface area contributed by atoms with E-state index in [1.54, 1.807) is 0 Å². The predicted molar refractivity (Wildman–Crippen MR) is 88.2 cm³/mol. The van der Waals surface area contributed by atoms with Gasteiger partial charge in [0.15, 0.2) is 0 Å². The first-order valence-corrected chi connectivity index (χ1v) is 8.39. The van der Waals surface area contributed by atoms with E-state index < -0.39 is 0 Å². The molecule has 0 atom stereocenters. The van der Waals surface area contributed by atoms with Crippen molar-refractivity contribution >= 4 is 5.71 Å². The highest BCUT2D eigenvalue weighted by Crippen LogP contribution is 2.41. The van der Waals surface area contributed by atoms with Gasteiger partial charge in [-0.1, -0.05) is 73.6 Å². The molecule has 0 aliphatic heterocycles. The minimum Gasteiger partial charge on any atom is -0.309 e. The molecule has 1 N–H and O–H groups in total. The Kier molecular flexibility index (Phi) is 8.61. The molecule has 0 amide bonds. The van der Waals surface area contributed by atoms with Crippen molar-refractivity contribution < 1.29 is 0 Å². The van der Waals surface area contributed by atoms with Crippen LogP contribution in [0.4, 0.5) is 0 Å². The second-order valence-electron chi connectivity index (χ2n) is 7.36. The number of hydrogen-bond acceptors (Lipinski definition) is 1. The van der Waals surface area contributed by atoms with Crippen molar-refractivity contribution in [3.8, 4) is 0 Å². The van der Waals surface area contributed by atoms with E-state index in [1.165, 1.54) is 51.4 Å². The quantitative estimate of drug-likeness (QED) is 0.340. The minimum absolute atomic E-state index is 0.0392. The van der Waals surface area contributed by atoms with Gasteiger partial charge in [-0.15, -0.1) is 0 Å². The maximum Gasteiger partial charge on any atom is 0.0148 e. The van der Waals surface area contributed by atoms with Gasteiger partial charge < -0.3 is 5.41 Å². The fourth-order valence-corrected chi connectivity index (χ4v) is 3.09. The topological polar surface area (TPSA) is 23.9 Å². The second kappa shape index (κ2) is 8.76. The molecule has 0 fully saturated rings. The van der Waals surface area contributed by atoms with E-state index in [0.29, 0.717) is 5.41 Å². The Morgan fingerprint density at radius 2 is 1.32 bits per heavy atom. The molecule has 19 heavy (non-hydrogen) atoms. The molecule has 1 nitrogen and oxygen atoms in total. The summed E-state index contributed by atoms with van der Waals surface area (Å²) in [5, 5.41) is 8.43. The lowest BCUT2D eigenvalue weighted by atomic mass is 9.68. The van der Waals surface area contributed by atoms with Gasteiger partial charge >= 0.3 is 0 Å². The standard InChI is InChI=1S/C18H37N/c1-7-10-11-14-18(12-8-2,13-9-3)15-16(19)17(4,5)6/h19H,7-15H2,1-6H3. The van der Waals surface area contributed by atoms with E-state index in [2.05, 4.69) is 41.5 Å². The lowest BCUT2D eigenvalue weighted by Crippen LogP contribution is -2.30. The van der Waals surface area contributed by atoms with Gasteiger partial charge in [0.05, 0.1) is 0 Å². The van der Waals surface area contributed by atoms with E-state index in [1.807, 2.05) is 0 Å². The molecular formula is C18H37N. The third kappa shape index (κ3) is 7.13. The lowest BCUT2D eigenvalue weighted by Gasteiger charge is -2.37. The summed E-state index contributed by atoms with van der Waals surface area (Å²) in [6, 6.07) is 0. The molecule has 114 valence electrons. The molecule has 0 saturated heterocycles. The van der Waals surface area contributed by atoms with Crippen molar-refractivity contribution in [3.05, 3.63) is 0 Å². The van der Waals surface area contributed by atoms with Gasteiger partial charge in [0, 0.05) is 5.71 Å². The number of hydrogen-bond donors (Lipinski definition) is 1. The molecule has 0 aliphatic rings. The van der Waals surface area contributed by atoms with Gasteiger partial charge in [-0.2, -0.15) is 0 Å². The summed E-state index contributed by atoms with van der Waals surface area (Å²) in [7, 11) is 0. The van der Waals surface area contributed by atoms with Crippen LogP contribution in [0.15, 0.2) is 0 Å². The maximum absolute atomic E-state index is 8.43. The fraction of sp³-hybridized carbons (Fsp3) is 0.944. The molecule has 0 spiro atoms. The van der Waals surface area contributed by atoms with Crippen molar-refractivity contribution in [2.75, 3.05) is 0 Å². The zero-order valence-corrected chi connectivity index (χ0v) is 14.4. The highest BCUT2D eigenvalue weighted by molar-refractivity contribution is 5.86. The summed E-state index contributed by atoms with van der Waals surface area (Å²) in [5.41, 5.74) is 1.39. The molecule has 0 unspecified atom stereocenters. The molecule has 0 aliphatic carbocycles. The lowest BCUT2D eigenvalue weighted by molar-refractivity contribution is 0.211. The smallest absolute Gasteiger partial charge is 0.0148 e. The Labute approximate surface area is 122 Å². The van der Waals surface area contributed by atoms with E-state index in [-0.39, 0.29) is 5.41 Å². The van der Waals surface area contributed by atoms with Gasteiger partial charge in [0.1, 0.15) is 0 Å². The van der Waals surface area contributed by atoms with Crippen molar-refractivity contribution in [2.24, 2.45) is 10.8 Å². The van der Waals surface area contributed by atoms with E-state index in [0.717, 1.165) is 12.1 Å². The number of unbranched alkanes of at least 4 members (excludes halogenated alkanes) is 2. The van der Waals surface area contributed by atoms with E-state index in [9.17, 15) is 0 Å². The van der Waals surface area contributed by atoms with Crippen LogP contribution in [0.5, 0.6) is 0 Å². The highest BCUT2D eigenvalue weighted by Gasteiger charge is 2.32. The molecule has 0 bridgehead atoms. The molecule has 0 aromatic carbocycles. The molecule has 1 heteroatoms. The van der Waals surface area contributed by atoms with Crippen LogP contribution in [0.25, 0.3) is 0 Å². The normalized spacial score (nSPS) is 12.7. The number of nitrogens with one attached hydrogen (secondary N) is 1. The summed E-state index contributed by atoms with van der Waals surface area (Å²) < 4.78 is 0. The van der Waals surface area contributed by atoms with Crippen LogP contribution in [-0.2, 0) is 0 Å². The Morgan fingerprint density at radius 3 is 1.68 bits per heavy atom. The molecule has 0 saturated carbocycles. The van der Waals surface area contributed by atoms with Crippen LogP contribution < -0.4 is 0 Å². The van der Waals surface area contributed by atoms with Crippen LogP contribution in [0.2, 0.25) is 0 Å². The summed E-state index contributed by atoms with van der Waals surface area (Å²) >= 11 is 0. The summed E-state index contributed by atoms with van der Waals surface area (Å²) in [6.45, 7) is 13.4. The zero-order valence-electron chi connectivity index (χ0n) is 14.4. The van der Waals surface area contributed by atoms with Crippen molar-refractivity contribution in [3.63, 3.8) is 0 Å². The monoisotopic (exact) mass is 267 g/mol. The first-order chi connectivity index (χ1) is 8.81. The molecular weight excluding hydrogens is 230 g/mol. The van der Waals surface area contributed by atoms with E-state index >= 15 is 0 Å². The Hall–Kier alpha value is -0.330. The summed E-state index contributed by atoms with van der Waals surface area (Å²) in [6.07, 6.45) is 11.4. The highest BCUT2D eigenvalue weighted by atomic mass is 14.5. The van der Waals surface area contributed by atoms with Crippen LogP contribution in [0.3, 0.4) is 0 Å². The third-order valence-electron chi connectivity index (χ3n) is 4.33. The van der Waals surface area contributed by atoms with Crippen LogP contribution >= 0.6 is 0 Å². The molecule has 0 aromatic rings. The van der Waals surface area contributed by atoms with Gasteiger partial charge in [-0.05, 0) is 36.5 Å². The molecule has 0 radical (unpaired) electrons. The Morgan fingerprint density at radius 1 is 0.789 bits per heavy atom. The first-order valence-electron chi connectivity index (χ1n) is 8.39. The van der Waals surface area contributed by atoms with Crippen molar-refractivity contribution in [1.29, 1.82) is 5.41 Å². The van der Waals surface area contributed by atoms with Gasteiger partial charge in [0.25, 0.3) is 0 Å². The van der Waals surface area contributed by atoms with Crippen LogP contribution in [-0.4, -0.2) is 5.71 Å². The van der Waals surface area contributed by atoms with Crippen molar-refractivity contribution in [1.82, 2.24) is 0 Å². The predicted octanol–water partition coefficient (Wildman–Crippen LogP) is 6.61. The van der Waals surface area contributed by atoms with Crippen LogP contribution in [0, 0.1) is 16.2 Å². The van der Waals surface area contributed by atoms with Gasteiger partial charge in [0.2, 0.25) is 0 Å². The molecule has 0 rings (SSSR count). The average molecular weight is 268 g/mol. The number of rotatable bonds is 10. The van der Waals surface area contributed by atoms with Gasteiger partial charge in [-0.3, -0.25) is 0 Å². The SMILES string of the molecule is CCCCCC(CCC)(CCC)CC(=N)C(C)(C)C. The summed E-state index contributed by atoms with van der Waals surface area (Å²) in [4.78, 5) is 0. The average Bonchev–Trinajstić information content (AvgIpc) is 2.28. The first kappa shape index (κ1) is 18.7. The third-order valence-corrected chi connectivity index (χ3v) is 4.33. The molecule has 0 aromatic heterocycles. The Balaban J connectivity index is 4.83. The maximum atomic E-state index is 8.43. The summed E-state index contributed by atoms with van der Waals surface area (Å²) in [5.74, 6) is 0. The second-order valence-corrected chi connectivity index (χ2v) is 7.36. The van der Waals surface area contributed by atoms with Crippen LogP contribution in [0.1, 0.15) is 99.3 Å². The largest absolute Gasteiger partial charge is 0.309 e. The minimum atomic E-state index is 0.0392. The fourth-order valence-electron chi connectivity index (χ4n) is 3.09. The zero-order chi connectivity index (χ0) is 14.9. The Bertz CT molecular complexity index is 241. The molecule has 0 heterocycles. The van der Waals surface area contributed by atoms with Gasteiger partial charge in [-0.25, -0.2) is 0 Å². The van der Waals surface area contributed by atoms with E-state index in [4.69, 9.17) is 5.41 Å². The van der Waals surface area contributed by atoms with Crippen molar-refractivity contribution in [2.45, 2.75) is 99.3 Å².